The molecule has 0 amide bonds. The molecule has 0 N–H and O–H groups in total. The van der Waals surface area contributed by atoms with Crippen LogP contribution < -0.4 is 4.90 Å². The molecule has 12 heteroatoms. The van der Waals surface area contributed by atoms with E-state index in [2.05, 4.69) is 10.2 Å². The first-order chi connectivity index (χ1) is 15.6. The van der Waals surface area contributed by atoms with Gasteiger partial charge in [-0.25, -0.2) is 12.8 Å². The van der Waals surface area contributed by atoms with Gasteiger partial charge in [0, 0.05) is 36.9 Å². The number of hydrogen-bond donors (Lipinski definition) is 0. The van der Waals surface area contributed by atoms with Crippen molar-refractivity contribution < 1.29 is 26.0 Å². The van der Waals surface area contributed by atoms with Crippen molar-refractivity contribution >= 4 is 15.7 Å². The van der Waals surface area contributed by atoms with E-state index in [4.69, 9.17) is 0 Å². The zero-order valence-corrected chi connectivity index (χ0v) is 19.1. The van der Waals surface area contributed by atoms with E-state index in [0.29, 0.717) is 23.1 Å². The Hall–Kier alpha value is -2.21. The van der Waals surface area contributed by atoms with Crippen LogP contribution in [0.15, 0.2) is 30.9 Å². The quantitative estimate of drug-likeness (QED) is 0.596. The minimum atomic E-state index is -4.71. The smallest absolute Gasteiger partial charge is 0.371 e. The van der Waals surface area contributed by atoms with Gasteiger partial charge < -0.3 is 9.47 Å². The standard InChI is InChI=1S/C21H27F4N5O2S/c1-2-18-5-6-20(21(23,24)25)30(33(18,31)32)12-15-3-4-17(11-19(15)22)28-9-7-16(8-10-28)29-13-26-27-14-29/h3-4,11,13-14,16,18,20H,2,5-10,12H2,1H3. The topological polar surface area (TPSA) is 71.3 Å². The van der Waals surface area contributed by atoms with Crippen LogP contribution in [-0.2, 0) is 16.6 Å². The van der Waals surface area contributed by atoms with Crippen LogP contribution >= 0.6 is 0 Å². The van der Waals surface area contributed by atoms with E-state index < -0.39 is 39.9 Å². The van der Waals surface area contributed by atoms with Crippen molar-refractivity contribution in [1.82, 2.24) is 19.1 Å². The van der Waals surface area contributed by atoms with E-state index in [1.54, 1.807) is 25.6 Å². The van der Waals surface area contributed by atoms with Crippen LogP contribution in [0.2, 0.25) is 0 Å². The van der Waals surface area contributed by atoms with Gasteiger partial charge in [0.15, 0.2) is 0 Å². The molecule has 0 spiro atoms. The summed E-state index contributed by atoms with van der Waals surface area (Å²) >= 11 is 0. The predicted molar refractivity (Wildman–Crippen MR) is 115 cm³/mol. The summed E-state index contributed by atoms with van der Waals surface area (Å²) in [6.07, 6.45) is 0.112. The summed E-state index contributed by atoms with van der Waals surface area (Å²) in [6, 6.07) is 2.45. The number of aromatic nitrogens is 3. The monoisotopic (exact) mass is 489 g/mol. The summed E-state index contributed by atoms with van der Waals surface area (Å²) in [7, 11) is -4.20. The molecule has 2 fully saturated rings. The molecular weight excluding hydrogens is 462 g/mol. The highest BCUT2D eigenvalue weighted by Crippen LogP contribution is 2.38. The molecular formula is C21H27F4N5O2S. The van der Waals surface area contributed by atoms with E-state index in [1.807, 2.05) is 9.47 Å². The molecule has 1 aromatic heterocycles. The van der Waals surface area contributed by atoms with Gasteiger partial charge in [-0.2, -0.15) is 17.5 Å². The second kappa shape index (κ2) is 9.21. The van der Waals surface area contributed by atoms with E-state index in [0.717, 1.165) is 12.8 Å². The average Bonchev–Trinajstić information content (AvgIpc) is 3.30. The summed E-state index contributed by atoms with van der Waals surface area (Å²) in [5.74, 6) is -0.705. The Morgan fingerprint density at radius 2 is 1.73 bits per heavy atom. The number of hydrogen-bond acceptors (Lipinski definition) is 5. The Bertz CT molecular complexity index is 1050. The Labute approximate surface area is 190 Å². The summed E-state index contributed by atoms with van der Waals surface area (Å²) in [4.78, 5) is 2.01. The minimum Gasteiger partial charge on any atom is -0.371 e. The molecule has 2 aliphatic rings. The zero-order chi connectivity index (χ0) is 23.8. The van der Waals surface area contributed by atoms with Crippen LogP contribution in [0.1, 0.15) is 50.6 Å². The molecule has 7 nitrogen and oxygen atoms in total. The van der Waals surface area contributed by atoms with E-state index in [1.165, 1.54) is 12.1 Å². The number of piperidine rings is 1. The van der Waals surface area contributed by atoms with Gasteiger partial charge in [0.2, 0.25) is 10.0 Å². The van der Waals surface area contributed by atoms with Crippen LogP contribution in [0.3, 0.4) is 0 Å². The predicted octanol–water partition coefficient (Wildman–Crippen LogP) is 3.89. The number of benzene rings is 1. The third-order valence-electron chi connectivity index (χ3n) is 6.74. The molecule has 2 saturated heterocycles. The largest absolute Gasteiger partial charge is 0.405 e. The lowest BCUT2D eigenvalue weighted by molar-refractivity contribution is -0.176. The molecule has 182 valence electrons. The molecule has 3 heterocycles. The zero-order valence-electron chi connectivity index (χ0n) is 18.2. The first-order valence-corrected chi connectivity index (χ1v) is 12.6. The van der Waals surface area contributed by atoms with Crippen molar-refractivity contribution in [2.45, 2.75) is 69.1 Å². The van der Waals surface area contributed by atoms with Gasteiger partial charge in [-0.15, -0.1) is 10.2 Å². The fourth-order valence-electron chi connectivity index (χ4n) is 4.80. The maximum Gasteiger partial charge on any atom is 0.405 e. The van der Waals surface area contributed by atoms with Crippen LogP contribution in [0.25, 0.3) is 0 Å². The lowest BCUT2D eigenvalue weighted by Gasteiger charge is -2.39. The lowest BCUT2D eigenvalue weighted by atomic mass is 10.0. The first kappa shape index (κ1) is 23.9. The molecule has 0 radical (unpaired) electrons. The maximum absolute atomic E-state index is 15.0. The molecule has 33 heavy (non-hydrogen) atoms. The summed E-state index contributed by atoms with van der Waals surface area (Å²) in [6.45, 7) is 2.36. The van der Waals surface area contributed by atoms with Crippen molar-refractivity contribution in [3.63, 3.8) is 0 Å². The van der Waals surface area contributed by atoms with Gasteiger partial charge in [0.1, 0.15) is 24.5 Å². The highest BCUT2D eigenvalue weighted by Gasteiger charge is 2.52. The van der Waals surface area contributed by atoms with E-state index >= 15 is 0 Å². The van der Waals surface area contributed by atoms with Crippen LogP contribution in [-0.4, -0.2) is 58.0 Å². The summed E-state index contributed by atoms with van der Waals surface area (Å²) in [5.41, 5.74) is 0.562. The Kier molecular flexibility index (Phi) is 6.68. The fraction of sp³-hybridized carbons (Fsp3) is 0.619. The maximum atomic E-state index is 15.0. The van der Waals surface area contributed by atoms with Crippen LogP contribution in [0, 0.1) is 5.82 Å². The third-order valence-corrected chi connectivity index (χ3v) is 9.19. The van der Waals surface area contributed by atoms with Crippen LogP contribution in [0.4, 0.5) is 23.2 Å². The van der Waals surface area contributed by atoms with Gasteiger partial charge in [0.25, 0.3) is 0 Å². The minimum absolute atomic E-state index is 0.0496. The molecule has 4 rings (SSSR count). The second-order valence-electron chi connectivity index (χ2n) is 8.66. The van der Waals surface area contributed by atoms with Crippen molar-refractivity contribution in [3.8, 4) is 0 Å². The molecule has 1 aromatic carbocycles. The van der Waals surface area contributed by atoms with Crippen molar-refractivity contribution in [2.24, 2.45) is 0 Å². The molecule has 0 aliphatic carbocycles. The highest BCUT2D eigenvalue weighted by molar-refractivity contribution is 7.89. The first-order valence-electron chi connectivity index (χ1n) is 11.1. The Morgan fingerprint density at radius 3 is 2.30 bits per heavy atom. The number of sulfonamides is 1. The average molecular weight is 490 g/mol. The van der Waals surface area contributed by atoms with E-state index in [-0.39, 0.29) is 30.9 Å². The van der Waals surface area contributed by atoms with E-state index in [9.17, 15) is 26.0 Å². The number of alkyl halides is 3. The SMILES string of the molecule is CCC1CCC(C(F)(F)F)N(Cc2ccc(N3CCC(n4cnnc4)CC3)cc2F)S1(=O)=O. The van der Waals surface area contributed by atoms with Gasteiger partial charge in [-0.05, 0) is 44.2 Å². The van der Waals surface area contributed by atoms with Crippen molar-refractivity contribution in [2.75, 3.05) is 18.0 Å². The summed E-state index contributed by atoms with van der Waals surface area (Å²) in [5, 5.41) is 6.75. The molecule has 0 saturated carbocycles. The summed E-state index contributed by atoms with van der Waals surface area (Å²) < 4.78 is 83.8. The van der Waals surface area contributed by atoms with Gasteiger partial charge >= 0.3 is 6.18 Å². The molecule has 2 aromatic rings. The fourth-order valence-corrected chi connectivity index (χ4v) is 6.93. The van der Waals surface area contributed by atoms with Gasteiger partial charge in [0.05, 0.1) is 5.25 Å². The normalized spacial score (nSPS) is 24.8. The number of nitrogens with zero attached hydrogens (tertiary/aromatic N) is 5. The number of rotatable bonds is 5. The van der Waals surface area contributed by atoms with Crippen LogP contribution in [0.5, 0.6) is 0 Å². The second-order valence-corrected chi connectivity index (χ2v) is 10.8. The molecule has 2 aliphatic heterocycles. The van der Waals surface area contributed by atoms with Gasteiger partial charge in [-0.1, -0.05) is 13.0 Å². The van der Waals surface area contributed by atoms with Crippen molar-refractivity contribution in [3.05, 3.63) is 42.2 Å². The lowest BCUT2D eigenvalue weighted by Crippen LogP contribution is -2.55. The molecule has 0 bridgehead atoms. The molecule has 2 atom stereocenters. The van der Waals surface area contributed by atoms with Gasteiger partial charge in [-0.3, -0.25) is 0 Å². The highest BCUT2D eigenvalue weighted by atomic mass is 32.2. The number of halogens is 4. The van der Waals surface area contributed by atoms with Crippen molar-refractivity contribution in [1.29, 1.82) is 0 Å². The Morgan fingerprint density at radius 1 is 1.06 bits per heavy atom. The Balaban J connectivity index is 1.50. The molecule has 2 unspecified atom stereocenters. The third kappa shape index (κ3) is 4.86. The number of anilines is 1.